The monoisotopic (exact) mass is 306 g/mol. The van der Waals surface area contributed by atoms with E-state index in [0.717, 1.165) is 5.23 Å². The summed E-state index contributed by atoms with van der Waals surface area (Å²) in [6.07, 6.45) is 0.598. The Morgan fingerprint density at radius 1 is 1.14 bits per heavy atom. The molecular formula is C14H30N2O5. The van der Waals surface area contributed by atoms with E-state index in [-0.39, 0.29) is 19.8 Å². The van der Waals surface area contributed by atoms with E-state index in [9.17, 15) is 9.90 Å². The normalized spacial score (nSPS) is 16.8. The Labute approximate surface area is 127 Å². The van der Waals surface area contributed by atoms with Gasteiger partial charge in [0.15, 0.2) is 0 Å². The van der Waals surface area contributed by atoms with E-state index in [1.807, 2.05) is 6.92 Å². The molecule has 0 aliphatic heterocycles. The standard InChI is InChI=1S/C14H30N2O5/c1-7-11(15)13(5,6)14(12(17)18,19-8-2)16(20-9-3)21-10-4/h11H,7-10,15H2,1-6H3,(H,17,18). The van der Waals surface area contributed by atoms with Crippen LogP contribution in [0.4, 0.5) is 0 Å². The highest BCUT2D eigenvalue weighted by Crippen LogP contribution is 2.41. The van der Waals surface area contributed by atoms with Gasteiger partial charge in [-0.2, -0.15) is 0 Å². The number of hydrogen-bond acceptors (Lipinski definition) is 6. The molecule has 0 radical (unpaired) electrons. The van der Waals surface area contributed by atoms with Gasteiger partial charge in [-0.25, -0.2) is 4.79 Å². The van der Waals surface area contributed by atoms with Crippen molar-refractivity contribution in [2.45, 2.75) is 59.7 Å². The molecular weight excluding hydrogens is 276 g/mol. The van der Waals surface area contributed by atoms with Crippen LogP contribution in [0.5, 0.6) is 0 Å². The van der Waals surface area contributed by atoms with Gasteiger partial charge in [-0.15, -0.1) is 0 Å². The zero-order valence-electron chi connectivity index (χ0n) is 14.0. The number of carboxylic acids is 1. The molecule has 0 heterocycles. The average Bonchev–Trinajstić information content (AvgIpc) is 2.42. The van der Waals surface area contributed by atoms with Crippen molar-refractivity contribution in [3.63, 3.8) is 0 Å². The average molecular weight is 306 g/mol. The lowest BCUT2D eigenvalue weighted by Gasteiger charge is -2.49. The molecule has 2 atom stereocenters. The third kappa shape index (κ3) is 3.92. The molecule has 7 heteroatoms. The first kappa shape index (κ1) is 20.3. The second-order valence-corrected chi connectivity index (χ2v) is 5.21. The minimum atomic E-state index is -1.83. The lowest BCUT2D eigenvalue weighted by atomic mass is 9.73. The van der Waals surface area contributed by atoms with E-state index in [1.165, 1.54) is 0 Å². The van der Waals surface area contributed by atoms with Gasteiger partial charge in [0.05, 0.1) is 13.2 Å². The molecule has 0 saturated carbocycles. The fourth-order valence-electron chi connectivity index (χ4n) is 2.31. The summed E-state index contributed by atoms with van der Waals surface area (Å²) in [6.45, 7) is 11.3. The molecule has 0 rings (SSSR count). The molecule has 0 fully saturated rings. The molecule has 0 aromatic heterocycles. The van der Waals surface area contributed by atoms with E-state index in [2.05, 4.69) is 0 Å². The van der Waals surface area contributed by atoms with E-state index in [1.54, 1.807) is 34.6 Å². The van der Waals surface area contributed by atoms with Crippen molar-refractivity contribution in [3.8, 4) is 0 Å². The molecule has 21 heavy (non-hydrogen) atoms. The summed E-state index contributed by atoms with van der Waals surface area (Å²) in [5.74, 6) is -1.19. The number of rotatable bonds is 11. The number of nitrogens with two attached hydrogens (primary N) is 1. The topological polar surface area (TPSA) is 94.2 Å². The van der Waals surface area contributed by atoms with Gasteiger partial charge in [-0.1, -0.05) is 20.8 Å². The smallest absolute Gasteiger partial charge is 0.357 e. The molecule has 0 aromatic rings. The Morgan fingerprint density at radius 2 is 1.62 bits per heavy atom. The van der Waals surface area contributed by atoms with Crippen molar-refractivity contribution in [1.82, 2.24) is 5.23 Å². The minimum Gasteiger partial charge on any atom is -0.478 e. The maximum absolute atomic E-state index is 12.1. The summed E-state index contributed by atoms with van der Waals surface area (Å²) in [5, 5.41) is 10.8. The van der Waals surface area contributed by atoms with Crippen LogP contribution in [0, 0.1) is 5.41 Å². The largest absolute Gasteiger partial charge is 0.478 e. The van der Waals surface area contributed by atoms with Gasteiger partial charge in [0.25, 0.3) is 5.72 Å². The highest BCUT2D eigenvalue weighted by atomic mass is 17.0. The SMILES string of the molecule is CCON(OCC)C(OCC)(C(=O)O)C(C)(C)C(N)CC. The number of hydrogen-bond donors (Lipinski definition) is 2. The number of nitrogens with zero attached hydrogens (tertiary/aromatic N) is 1. The third-order valence-electron chi connectivity index (χ3n) is 3.63. The molecule has 126 valence electrons. The first-order valence-electron chi connectivity index (χ1n) is 7.45. The van der Waals surface area contributed by atoms with Gasteiger partial charge in [0.1, 0.15) is 0 Å². The molecule has 0 aliphatic carbocycles. The number of hydroxylamine groups is 2. The Hall–Kier alpha value is -0.730. The molecule has 2 unspecified atom stereocenters. The van der Waals surface area contributed by atoms with Crippen LogP contribution < -0.4 is 5.73 Å². The van der Waals surface area contributed by atoms with Crippen LogP contribution in [0.3, 0.4) is 0 Å². The summed E-state index contributed by atoms with van der Waals surface area (Å²) in [6, 6.07) is -0.413. The number of carboxylic acid groups (broad SMARTS) is 1. The number of aliphatic carboxylic acids is 1. The number of carbonyl (C=O) groups is 1. The van der Waals surface area contributed by atoms with Crippen LogP contribution in [-0.4, -0.2) is 47.9 Å². The Balaban J connectivity index is 5.99. The van der Waals surface area contributed by atoms with Gasteiger partial charge in [0.2, 0.25) is 0 Å². The summed E-state index contributed by atoms with van der Waals surface area (Å²) in [7, 11) is 0. The second kappa shape index (κ2) is 8.65. The Kier molecular flexibility index (Phi) is 8.35. The second-order valence-electron chi connectivity index (χ2n) is 5.21. The van der Waals surface area contributed by atoms with Gasteiger partial charge in [0, 0.05) is 18.1 Å². The zero-order chi connectivity index (χ0) is 16.7. The van der Waals surface area contributed by atoms with Crippen molar-refractivity contribution in [3.05, 3.63) is 0 Å². The molecule has 3 N–H and O–H groups in total. The maximum Gasteiger partial charge on any atom is 0.357 e. The van der Waals surface area contributed by atoms with Crippen molar-refractivity contribution in [1.29, 1.82) is 0 Å². The third-order valence-corrected chi connectivity index (χ3v) is 3.63. The maximum atomic E-state index is 12.1. The van der Waals surface area contributed by atoms with Gasteiger partial charge in [-0.05, 0) is 32.4 Å². The van der Waals surface area contributed by atoms with Crippen molar-refractivity contribution < 1.29 is 24.3 Å². The summed E-state index contributed by atoms with van der Waals surface area (Å²) in [4.78, 5) is 22.9. The highest BCUT2D eigenvalue weighted by molar-refractivity contribution is 5.78. The first-order valence-corrected chi connectivity index (χ1v) is 7.45. The quantitative estimate of drug-likeness (QED) is 0.444. The Morgan fingerprint density at radius 3 is 1.90 bits per heavy atom. The van der Waals surface area contributed by atoms with Crippen molar-refractivity contribution >= 4 is 5.97 Å². The molecule has 0 amide bonds. The zero-order valence-corrected chi connectivity index (χ0v) is 14.0. The molecule has 0 spiro atoms. The number of ether oxygens (including phenoxy) is 1. The van der Waals surface area contributed by atoms with Crippen LogP contribution in [0.2, 0.25) is 0 Å². The van der Waals surface area contributed by atoms with Crippen LogP contribution in [0.15, 0.2) is 0 Å². The predicted octanol–water partition coefficient (Wildman–Crippen LogP) is 1.77. The van der Waals surface area contributed by atoms with E-state index in [4.69, 9.17) is 20.1 Å². The lowest BCUT2D eigenvalue weighted by molar-refractivity contribution is -0.466. The molecule has 0 saturated heterocycles. The molecule has 7 nitrogen and oxygen atoms in total. The fraction of sp³-hybridized carbons (Fsp3) is 0.929. The highest BCUT2D eigenvalue weighted by Gasteiger charge is 2.61. The van der Waals surface area contributed by atoms with E-state index < -0.39 is 23.2 Å². The fourth-order valence-corrected chi connectivity index (χ4v) is 2.31. The minimum absolute atomic E-state index is 0.183. The van der Waals surface area contributed by atoms with E-state index >= 15 is 0 Å². The summed E-state index contributed by atoms with van der Waals surface area (Å²) >= 11 is 0. The summed E-state index contributed by atoms with van der Waals surface area (Å²) < 4.78 is 5.64. The lowest BCUT2D eigenvalue weighted by Crippen LogP contribution is -2.69. The van der Waals surface area contributed by atoms with Gasteiger partial charge in [-0.3, -0.25) is 9.68 Å². The van der Waals surface area contributed by atoms with E-state index in [0.29, 0.717) is 6.42 Å². The van der Waals surface area contributed by atoms with Crippen LogP contribution in [-0.2, 0) is 19.2 Å². The predicted molar refractivity (Wildman–Crippen MR) is 79.1 cm³/mol. The first-order chi connectivity index (χ1) is 9.75. The van der Waals surface area contributed by atoms with Crippen LogP contribution >= 0.6 is 0 Å². The van der Waals surface area contributed by atoms with Crippen LogP contribution in [0.1, 0.15) is 48.0 Å². The van der Waals surface area contributed by atoms with Gasteiger partial charge >= 0.3 is 5.97 Å². The van der Waals surface area contributed by atoms with Gasteiger partial charge < -0.3 is 15.6 Å². The van der Waals surface area contributed by atoms with Crippen molar-refractivity contribution in [2.24, 2.45) is 11.1 Å². The van der Waals surface area contributed by atoms with Crippen molar-refractivity contribution in [2.75, 3.05) is 19.8 Å². The summed E-state index contributed by atoms with van der Waals surface area (Å²) in [5.41, 5.74) is 3.37. The van der Waals surface area contributed by atoms with Crippen LogP contribution in [0.25, 0.3) is 0 Å². The Bertz CT molecular complexity index is 318. The molecule has 0 aliphatic rings. The molecule has 0 aromatic carbocycles. The molecule has 0 bridgehead atoms.